The van der Waals surface area contributed by atoms with Gasteiger partial charge < -0.3 is 14.2 Å². The molecule has 1 aliphatic heterocycles. The number of ether oxygens (including phenoxy) is 1. The van der Waals surface area contributed by atoms with Gasteiger partial charge in [0, 0.05) is 45.5 Å². The van der Waals surface area contributed by atoms with Crippen LogP contribution in [0, 0.1) is 17.4 Å². The predicted octanol–water partition coefficient (Wildman–Crippen LogP) is 5.59. The van der Waals surface area contributed by atoms with E-state index in [1.54, 1.807) is 0 Å². The fraction of sp³-hybridized carbons (Fsp3) is 0.593. The molecular formula is C27H39N5O2. The van der Waals surface area contributed by atoms with Crippen LogP contribution < -0.4 is 0 Å². The number of carbonyl (C=O) groups is 1. The predicted molar refractivity (Wildman–Crippen MR) is 135 cm³/mol. The van der Waals surface area contributed by atoms with Gasteiger partial charge in [-0.1, -0.05) is 65.8 Å². The zero-order valence-electron chi connectivity index (χ0n) is 21.5. The molecule has 0 N–H and O–H groups in total. The second-order valence-electron chi connectivity index (χ2n) is 11.6. The van der Waals surface area contributed by atoms with E-state index in [4.69, 9.17) is 11.3 Å². The number of aromatic nitrogens is 2. The van der Waals surface area contributed by atoms with Gasteiger partial charge in [0.1, 0.15) is 6.10 Å². The Balaban J connectivity index is 1.53. The van der Waals surface area contributed by atoms with Crippen LogP contribution in [0.25, 0.3) is 4.85 Å². The third-order valence-corrected chi connectivity index (χ3v) is 6.24. The summed E-state index contributed by atoms with van der Waals surface area (Å²) in [7, 11) is 0. The molecule has 1 aromatic carbocycles. The third-order valence-electron chi connectivity index (χ3n) is 6.24. The van der Waals surface area contributed by atoms with Crippen LogP contribution in [0.2, 0.25) is 0 Å². The molecule has 1 fully saturated rings. The molecule has 0 spiro atoms. The number of rotatable bonds is 6. The average molecular weight is 466 g/mol. The van der Waals surface area contributed by atoms with Crippen molar-refractivity contribution in [3.8, 4) is 0 Å². The summed E-state index contributed by atoms with van der Waals surface area (Å²) in [5, 5.41) is 0. The van der Waals surface area contributed by atoms with Crippen molar-refractivity contribution in [3.05, 3.63) is 59.5 Å². The minimum absolute atomic E-state index is 0.0961. The van der Waals surface area contributed by atoms with Gasteiger partial charge in [-0.3, -0.25) is 4.90 Å². The third kappa shape index (κ3) is 7.33. The van der Waals surface area contributed by atoms with Gasteiger partial charge in [-0.25, -0.2) is 14.6 Å². The quantitative estimate of drug-likeness (QED) is 0.522. The normalized spacial score (nSPS) is 16.2. The number of piperazine rings is 1. The van der Waals surface area contributed by atoms with E-state index in [0.717, 1.165) is 43.9 Å². The van der Waals surface area contributed by atoms with Crippen molar-refractivity contribution in [2.75, 3.05) is 26.2 Å². The van der Waals surface area contributed by atoms with E-state index in [2.05, 4.69) is 60.8 Å². The van der Waals surface area contributed by atoms with Crippen LogP contribution in [0.15, 0.2) is 36.8 Å². The number of amides is 1. The molecule has 1 amide bonds. The lowest BCUT2D eigenvalue weighted by Crippen LogP contribution is -2.50. The van der Waals surface area contributed by atoms with Crippen molar-refractivity contribution in [1.29, 1.82) is 0 Å². The first kappa shape index (κ1) is 25.8. The van der Waals surface area contributed by atoms with Crippen LogP contribution in [-0.2, 0) is 17.8 Å². The lowest BCUT2D eigenvalue weighted by Gasteiger charge is -2.38. The molecule has 0 bridgehead atoms. The highest BCUT2D eigenvalue weighted by Gasteiger charge is 2.34. The van der Waals surface area contributed by atoms with E-state index in [0.29, 0.717) is 18.8 Å². The fourth-order valence-electron chi connectivity index (χ4n) is 4.09. The van der Waals surface area contributed by atoms with Crippen LogP contribution in [0.3, 0.4) is 0 Å². The van der Waals surface area contributed by atoms with Crippen molar-refractivity contribution in [2.24, 2.45) is 10.8 Å². The van der Waals surface area contributed by atoms with Gasteiger partial charge in [0.15, 0.2) is 5.69 Å². The zero-order valence-corrected chi connectivity index (χ0v) is 21.5. The molecule has 7 heteroatoms. The maximum Gasteiger partial charge on any atom is 0.410 e. The molecule has 0 saturated carbocycles. The molecule has 1 unspecified atom stereocenters. The monoisotopic (exact) mass is 465 g/mol. The Morgan fingerprint density at radius 3 is 2.26 bits per heavy atom. The van der Waals surface area contributed by atoms with Gasteiger partial charge in [0.25, 0.3) is 0 Å². The van der Waals surface area contributed by atoms with Crippen molar-refractivity contribution < 1.29 is 9.53 Å². The molecular weight excluding hydrogens is 426 g/mol. The first-order chi connectivity index (χ1) is 15.9. The van der Waals surface area contributed by atoms with Gasteiger partial charge in [-0.05, 0) is 22.8 Å². The van der Waals surface area contributed by atoms with Crippen molar-refractivity contribution in [2.45, 2.75) is 67.2 Å². The number of hydrogen-bond acceptors (Lipinski definition) is 4. The second kappa shape index (κ2) is 10.6. The summed E-state index contributed by atoms with van der Waals surface area (Å²) in [6, 6.07) is 7.68. The number of nitrogens with zero attached hydrogens (tertiary/aromatic N) is 5. The van der Waals surface area contributed by atoms with Crippen LogP contribution in [0.1, 0.15) is 59.2 Å². The van der Waals surface area contributed by atoms with Crippen molar-refractivity contribution in [1.82, 2.24) is 19.4 Å². The second-order valence-corrected chi connectivity index (χ2v) is 11.6. The minimum atomic E-state index is -0.197. The summed E-state index contributed by atoms with van der Waals surface area (Å²) in [4.78, 5) is 24.9. The lowest BCUT2D eigenvalue weighted by molar-refractivity contribution is -0.0170. The molecule has 184 valence electrons. The van der Waals surface area contributed by atoms with Crippen LogP contribution in [0.4, 0.5) is 10.5 Å². The summed E-state index contributed by atoms with van der Waals surface area (Å²) >= 11 is 0. The first-order valence-electron chi connectivity index (χ1n) is 12.1. The Kier molecular flexibility index (Phi) is 8.04. The van der Waals surface area contributed by atoms with Gasteiger partial charge in [0.05, 0.1) is 18.6 Å². The molecule has 2 aromatic rings. The SMILES string of the molecule is [C-]#[N+]c1ccc(Cn2cncc2CN2CCN(C(=O)OC(CC(C)(C)C)C(C)(C)C)CC2)cc1. The van der Waals surface area contributed by atoms with Crippen LogP contribution in [-0.4, -0.2) is 57.7 Å². The van der Waals surface area contributed by atoms with Crippen molar-refractivity contribution >= 4 is 11.8 Å². The van der Waals surface area contributed by atoms with E-state index in [1.165, 1.54) is 0 Å². The summed E-state index contributed by atoms with van der Waals surface area (Å²) in [6.07, 6.45) is 4.29. The number of hydrogen-bond donors (Lipinski definition) is 0. The Hall–Kier alpha value is -2.85. The molecule has 7 nitrogen and oxygen atoms in total. The van der Waals surface area contributed by atoms with Gasteiger partial charge in [-0.2, -0.15) is 0 Å². The summed E-state index contributed by atoms with van der Waals surface area (Å²) in [6.45, 7) is 24.5. The van der Waals surface area contributed by atoms with Crippen LogP contribution >= 0.6 is 0 Å². The molecule has 2 heterocycles. The number of imidazole rings is 1. The van der Waals surface area contributed by atoms with Gasteiger partial charge >= 0.3 is 6.09 Å². The topological polar surface area (TPSA) is 55.0 Å². The smallest absolute Gasteiger partial charge is 0.410 e. The highest BCUT2D eigenvalue weighted by Crippen LogP contribution is 2.33. The Bertz CT molecular complexity index is 984. The Morgan fingerprint density at radius 2 is 1.71 bits per heavy atom. The molecule has 34 heavy (non-hydrogen) atoms. The number of benzene rings is 1. The van der Waals surface area contributed by atoms with E-state index in [-0.39, 0.29) is 23.0 Å². The molecule has 1 saturated heterocycles. The maximum atomic E-state index is 12.9. The molecule has 1 atom stereocenters. The van der Waals surface area contributed by atoms with E-state index < -0.39 is 0 Å². The summed E-state index contributed by atoms with van der Waals surface area (Å²) < 4.78 is 8.16. The van der Waals surface area contributed by atoms with E-state index in [9.17, 15) is 4.79 Å². The molecule has 0 radical (unpaired) electrons. The van der Waals surface area contributed by atoms with Gasteiger partial charge in [0.2, 0.25) is 0 Å². The minimum Gasteiger partial charge on any atom is -0.446 e. The van der Waals surface area contributed by atoms with E-state index >= 15 is 0 Å². The highest BCUT2D eigenvalue weighted by molar-refractivity contribution is 5.68. The lowest BCUT2D eigenvalue weighted by atomic mass is 9.78. The standard InChI is InChI=1S/C27H39N5O2/c1-26(2,3)16-24(27(4,5)6)34-25(33)31-14-12-30(13-15-31)19-23-17-29-20-32(23)18-21-8-10-22(28-7)11-9-21/h8-11,17,20,24H,12-16,18-19H2,1-6H3. The fourth-order valence-corrected chi connectivity index (χ4v) is 4.09. The molecule has 1 aliphatic rings. The largest absolute Gasteiger partial charge is 0.446 e. The zero-order chi connectivity index (χ0) is 24.9. The number of carbonyl (C=O) groups excluding carboxylic acids is 1. The van der Waals surface area contributed by atoms with Crippen LogP contribution in [0.5, 0.6) is 0 Å². The molecule has 3 rings (SSSR count). The maximum absolute atomic E-state index is 12.9. The highest BCUT2D eigenvalue weighted by atomic mass is 16.6. The summed E-state index contributed by atoms with van der Waals surface area (Å²) in [5.74, 6) is 0. The van der Waals surface area contributed by atoms with E-state index in [1.807, 2.05) is 41.7 Å². The Morgan fingerprint density at radius 1 is 1.06 bits per heavy atom. The average Bonchev–Trinajstić information content (AvgIpc) is 3.19. The molecule has 0 aliphatic carbocycles. The Labute approximate surface area is 204 Å². The first-order valence-corrected chi connectivity index (χ1v) is 12.1. The summed E-state index contributed by atoms with van der Waals surface area (Å²) in [5.41, 5.74) is 2.93. The van der Waals surface area contributed by atoms with Crippen molar-refractivity contribution in [3.63, 3.8) is 0 Å². The van der Waals surface area contributed by atoms with Gasteiger partial charge in [-0.15, -0.1) is 0 Å². The molecule has 1 aromatic heterocycles.